The Morgan fingerprint density at radius 2 is 2.00 bits per heavy atom. The zero-order valence-corrected chi connectivity index (χ0v) is 7.94. The lowest BCUT2D eigenvalue weighted by atomic mass is 9.94. The summed E-state index contributed by atoms with van der Waals surface area (Å²) in [5.74, 6) is 0.308. The van der Waals surface area contributed by atoms with Crippen LogP contribution in [0.2, 0.25) is 0 Å². The minimum atomic E-state index is 0.308. The summed E-state index contributed by atoms with van der Waals surface area (Å²) in [4.78, 5) is 10.7. The summed E-state index contributed by atoms with van der Waals surface area (Å²) in [6.45, 7) is 1.67. The minimum absolute atomic E-state index is 0.308. The molecule has 0 spiro atoms. The van der Waals surface area contributed by atoms with Crippen LogP contribution in [0.3, 0.4) is 0 Å². The maximum absolute atomic E-state index is 10.7. The van der Waals surface area contributed by atoms with Gasteiger partial charge in [0.15, 0.2) is 0 Å². The molecular formula is C11H18O. The van der Waals surface area contributed by atoms with E-state index in [4.69, 9.17) is 0 Å². The third kappa shape index (κ3) is 3.70. The quantitative estimate of drug-likeness (QED) is 0.588. The van der Waals surface area contributed by atoms with E-state index in [1.54, 1.807) is 12.5 Å². The normalized spacial score (nSPS) is 17.6. The lowest BCUT2D eigenvalue weighted by Crippen LogP contribution is -1.94. The summed E-state index contributed by atoms with van der Waals surface area (Å²) in [6.07, 6.45) is 10.6. The van der Waals surface area contributed by atoms with Crippen LogP contribution in [-0.4, -0.2) is 5.78 Å². The molecule has 0 radical (unpaired) electrons. The summed E-state index contributed by atoms with van der Waals surface area (Å²) in [5, 5.41) is 0. The van der Waals surface area contributed by atoms with Crippen molar-refractivity contribution < 1.29 is 4.79 Å². The fourth-order valence-electron chi connectivity index (χ4n) is 1.69. The van der Waals surface area contributed by atoms with Crippen LogP contribution in [0.25, 0.3) is 0 Å². The molecule has 12 heavy (non-hydrogen) atoms. The Morgan fingerprint density at radius 3 is 2.58 bits per heavy atom. The van der Waals surface area contributed by atoms with Gasteiger partial charge in [-0.15, -0.1) is 0 Å². The molecule has 0 aromatic carbocycles. The fraction of sp³-hybridized carbons (Fsp3) is 0.727. The van der Waals surface area contributed by atoms with Crippen molar-refractivity contribution in [1.82, 2.24) is 0 Å². The highest BCUT2D eigenvalue weighted by Crippen LogP contribution is 2.23. The van der Waals surface area contributed by atoms with Gasteiger partial charge in [0, 0.05) is 6.42 Å². The third-order valence-corrected chi connectivity index (χ3v) is 2.43. The Balaban J connectivity index is 2.20. The van der Waals surface area contributed by atoms with Crippen molar-refractivity contribution in [1.29, 1.82) is 0 Å². The second-order valence-corrected chi connectivity index (χ2v) is 3.66. The molecule has 1 heteroatoms. The predicted molar refractivity (Wildman–Crippen MR) is 51.1 cm³/mol. The molecule has 0 saturated heterocycles. The lowest BCUT2D eigenvalue weighted by Gasteiger charge is -2.12. The summed E-state index contributed by atoms with van der Waals surface area (Å²) in [7, 11) is 0. The largest absolute Gasteiger partial charge is 0.300 e. The second kappa shape index (κ2) is 5.13. The van der Waals surface area contributed by atoms with Crippen LogP contribution in [-0.2, 0) is 4.79 Å². The van der Waals surface area contributed by atoms with Crippen LogP contribution >= 0.6 is 0 Å². The number of ketones is 1. The van der Waals surface area contributed by atoms with Crippen LogP contribution in [0.1, 0.15) is 51.9 Å². The van der Waals surface area contributed by atoms with Crippen LogP contribution in [0, 0.1) is 0 Å². The molecule has 1 aliphatic carbocycles. The van der Waals surface area contributed by atoms with Gasteiger partial charge in [-0.1, -0.05) is 18.1 Å². The molecule has 0 heterocycles. The van der Waals surface area contributed by atoms with E-state index in [0.717, 1.165) is 12.8 Å². The number of carbonyl (C=O) groups is 1. The van der Waals surface area contributed by atoms with Crippen molar-refractivity contribution in [2.45, 2.75) is 51.9 Å². The average Bonchev–Trinajstić information content (AvgIpc) is 2.05. The molecule has 1 fully saturated rings. The Labute approximate surface area is 74.9 Å². The van der Waals surface area contributed by atoms with E-state index >= 15 is 0 Å². The highest BCUT2D eigenvalue weighted by molar-refractivity contribution is 5.75. The van der Waals surface area contributed by atoms with Gasteiger partial charge in [0.05, 0.1) is 0 Å². The van der Waals surface area contributed by atoms with E-state index in [0.29, 0.717) is 5.78 Å². The fourth-order valence-corrected chi connectivity index (χ4v) is 1.69. The molecule has 0 N–H and O–H groups in total. The van der Waals surface area contributed by atoms with Gasteiger partial charge in [0.1, 0.15) is 5.78 Å². The minimum Gasteiger partial charge on any atom is -0.300 e. The standard InChI is InChI=1S/C11H18O/c1-10(12)6-5-9-11-7-3-2-4-8-11/h9H,2-8H2,1H3. The van der Waals surface area contributed by atoms with Gasteiger partial charge in [-0.3, -0.25) is 0 Å². The summed E-state index contributed by atoms with van der Waals surface area (Å²) >= 11 is 0. The molecule has 0 amide bonds. The zero-order chi connectivity index (χ0) is 8.81. The van der Waals surface area contributed by atoms with Gasteiger partial charge in [0.25, 0.3) is 0 Å². The van der Waals surface area contributed by atoms with Crippen LogP contribution in [0.5, 0.6) is 0 Å². The molecule has 1 nitrogen and oxygen atoms in total. The van der Waals surface area contributed by atoms with E-state index in [1.165, 1.54) is 32.1 Å². The molecule has 1 saturated carbocycles. The van der Waals surface area contributed by atoms with Gasteiger partial charge >= 0.3 is 0 Å². The Hall–Kier alpha value is -0.590. The summed E-state index contributed by atoms with van der Waals surface area (Å²) in [5.41, 5.74) is 1.59. The number of Topliss-reactive ketones (excluding diaryl/α,β-unsaturated/α-hetero) is 1. The first kappa shape index (κ1) is 9.50. The molecule has 68 valence electrons. The molecule has 0 unspecified atom stereocenters. The van der Waals surface area contributed by atoms with Crippen LogP contribution in [0.15, 0.2) is 11.6 Å². The lowest BCUT2D eigenvalue weighted by molar-refractivity contribution is -0.116. The molecule has 0 aromatic heterocycles. The predicted octanol–water partition coefficient (Wildman–Crippen LogP) is 3.25. The first-order chi connectivity index (χ1) is 5.79. The highest BCUT2D eigenvalue weighted by atomic mass is 16.1. The maximum atomic E-state index is 10.7. The van der Waals surface area contributed by atoms with Crippen molar-refractivity contribution in [3.05, 3.63) is 11.6 Å². The topological polar surface area (TPSA) is 17.1 Å². The smallest absolute Gasteiger partial charge is 0.130 e. The van der Waals surface area contributed by atoms with Crippen molar-refractivity contribution in [2.24, 2.45) is 0 Å². The number of allylic oxidation sites excluding steroid dienone is 2. The third-order valence-electron chi connectivity index (χ3n) is 2.43. The number of hydrogen-bond donors (Lipinski definition) is 0. The zero-order valence-electron chi connectivity index (χ0n) is 7.94. The number of carbonyl (C=O) groups excluding carboxylic acids is 1. The summed E-state index contributed by atoms with van der Waals surface area (Å²) < 4.78 is 0. The molecule has 0 aromatic rings. The van der Waals surface area contributed by atoms with Crippen LogP contribution in [0.4, 0.5) is 0 Å². The maximum Gasteiger partial charge on any atom is 0.130 e. The van der Waals surface area contributed by atoms with E-state index < -0.39 is 0 Å². The van der Waals surface area contributed by atoms with Gasteiger partial charge in [0.2, 0.25) is 0 Å². The first-order valence-electron chi connectivity index (χ1n) is 4.96. The van der Waals surface area contributed by atoms with E-state index in [2.05, 4.69) is 6.08 Å². The Bertz CT molecular complexity index is 171. The van der Waals surface area contributed by atoms with Crippen molar-refractivity contribution in [2.75, 3.05) is 0 Å². The van der Waals surface area contributed by atoms with E-state index in [1.807, 2.05) is 0 Å². The van der Waals surface area contributed by atoms with Gasteiger partial charge in [-0.2, -0.15) is 0 Å². The first-order valence-corrected chi connectivity index (χ1v) is 4.96. The summed E-state index contributed by atoms with van der Waals surface area (Å²) in [6, 6.07) is 0. The molecule has 1 rings (SSSR count). The monoisotopic (exact) mass is 166 g/mol. The Morgan fingerprint density at radius 1 is 1.33 bits per heavy atom. The highest BCUT2D eigenvalue weighted by Gasteiger charge is 2.04. The van der Waals surface area contributed by atoms with E-state index in [9.17, 15) is 4.79 Å². The van der Waals surface area contributed by atoms with Crippen molar-refractivity contribution >= 4 is 5.78 Å². The van der Waals surface area contributed by atoms with E-state index in [-0.39, 0.29) is 0 Å². The molecular weight excluding hydrogens is 148 g/mol. The van der Waals surface area contributed by atoms with Gasteiger partial charge in [-0.05, 0) is 39.0 Å². The average molecular weight is 166 g/mol. The molecule has 0 atom stereocenters. The van der Waals surface area contributed by atoms with Crippen molar-refractivity contribution in [3.63, 3.8) is 0 Å². The van der Waals surface area contributed by atoms with Gasteiger partial charge in [-0.25, -0.2) is 0 Å². The SMILES string of the molecule is CC(=O)CCC=C1CCCCC1. The molecule has 0 bridgehead atoms. The van der Waals surface area contributed by atoms with Crippen LogP contribution < -0.4 is 0 Å². The Kier molecular flexibility index (Phi) is 4.06. The molecule has 1 aliphatic rings. The van der Waals surface area contributed by atoms with Crippen molar-refractivity contribution in [3.8, 4) is 0 Å². The number of hydrogen-bond acceptors (Lipinski definition) is 1. The molecule has 0 aliphatic heterocycles. The number of rotatable bonds is 3. The van der Waals surface area contributed by atoms with Gasteiger partial charge < -0.3 is 4.79 Å². The second-order valence-electron chi connectivity index (χ2n) is 3.66.